The lowest BCUT2D eigenvalue weighted by Crippen LogP contribution is -2.47. The summed E-state index contributed by atoms with van der Waals surface area (Å²) >= 11 is 0. The van der Waals surface area contributed by atoms with E-state index in [9.17, 15) is 9.59 Å². The van der Waals surface area contributed by atoms with Crippen molar-refractivity contribution in [3.63, 3.8) is 0 Å². The highest BCUT2D eigenvalue weighted by Gasteiger charge is 2.42. The van der Waals surface area contributed by atoms with Gasteiger partial charge in [0.1, 0.15) is 0 Å². The van der Waals surface area contributed by atoms with E-state index in [1.807, 2.05) is 18.7 Å². The van der Waals surface area contributed by atoms with Crippen LogP contribution in [0.25, 0.3) is 0 Å². The average Bonchev–Trinajstić information content (AvgIpc) is 2.80. The fourth-order valence-electron chi connectivity index (χ4n) is 6.22. The Morgan fingerprint density at radius 2 is 1.88 bits per heavy atom. The van der Waals surface area contributed by atoms with Crippen LogP contribution in [0.4, 0.5) is 4.79 Å². The summed E-state index contributed by atoms with van der Waals surface area (Å²) in [6.45, 7) is 10.5. The molecule has 0 bridgehead atoms. The van der Waals surface area contributed by atoms with Crippen LogP contribution in [0.3, 0.4) is 0 Å². The van der Waals surface area contributed by atoms with Crippen LogP contribution >= 0.6 is 0 Å². The first-order valence-electron chi connectivity index (χ1n) is 12.9. The number of benzene rings is 1. The molecule has 2 saturated heterocycles. The molecule has 1 N–H and O–H groups in total. The van der Waals surface area contributed by atoms with Gasteiger partial charge in [-0.2, -0.15) is 0 Å². The first-order valence-corrected chi connectivity index (χ1v) is 12.9. The van der Waals surface area contributed by atoms with Gasteiger partial charge in [0.15, 0.2) is 0 Å². The molecule has 1 aromatic carbocycles. The monoisotopic (exact) mass is 455 g/mol. The van der Waals surface area contributed by atoms with E-state index in [0.717, 1.165) is 58.4 Å². The van der Waals surface area contributed by atoms with Gasteiger partial charge in [0, 0.05) is 20.0 Å². The van der Waals surface area contributed by atoms with Crippen molar-refractivity contribution in [3.8, 4) is 0 Å². The van der Waals surface area contributed by atoms with Gasteiger partial charge in [-0.3, -0.25) is 4.79 Å². The Hall–Kier alpha value is -2.08. The molecule has 2 amide bonds. The summed E-state index contributed by atoms with van der Waals surface area (Å²) in [5, 5.41) is 3.16. The third-order valence-electron chi connectivity index (χ3n) is 7.98. The molecule has 2 fully saturated rings. The summed E-state index contributed by atoms with van der Waals surface area (Å²) in [5.74, 6) is 0.627. The van der Waals surface area contributed by atoms with E-state index in [-0.39, 0.29) is 29.6 Å². The van der Waals surface area contributed by atoms with E-state index in [4.69, 9.17) is 4.74 Å². The van der Waals surface area contributed by atoms with Crippen molar-refractivity contribution in [3.05, 3.63) is 35.4 Å². The number of nitrogens with zero attached hydrogens (tertiary/aromatic N) is 2. The number of carbonyl (C=O) groups excluding carboxylic acids is 2. The smallest absolute Gasteiger partial charge is 0.410 e. The van der Waals surface area contributed by atoms with Crippen LogP contribution in [-0.2, 0) is 14.9 Å². The van der Waals surface area contributed by atoms with Crippen LogP contribution in [0.15, 0.2) is 24.3 Å². The summed E-state index contributed by atoms with van der Waals surface area (Å²) in [5.41, 5.74) is 3.04. The van der Waals surface area contributed by atoms with E-state index in [1.165, 1.54) is 30.4 Å². The minimum absolute atomic E-state index is 0.0549. The zero-order chi connectivity index (χ0) is 23.4. The average molecular weight is 456 g/mol. The standard InChI is InChI=1S/C27H41N3O3/c1-20(2)33-26(32)30-15-6-7-22(19-30)11-16-29-17-13-27(14-18-29)12-10-25(28-21(3)31)23-8-4-5-9-24(23)27/h4-5,8-9,20,22,25H,6-7,10-19H2,1-3H3,(H,28,31)/t22?,25-/m0/s1. The van der Waals surface area contributed by atoms with Crippen molar-refractivity contribution >= 4 is 12.0 Å². The lowest BCUT2D eigenvalue weighted by atomic mass is 9.63. The minimum Gasteiger partial charge on any atom is -0.447 e. The number of rotatable bonds is 5. The number of fused-ring (bicyclic) bond motifs is 2. The molecule has 3 aliphatic rings. The third kappa shape index (κ3) is 5.71. The number of nitrogens with one attached hydrogen (secondary N) is 1. The molecule has 1 spiro atoms. The molecule has 2 atom stereocenters. The second-order valence-corrected chi connectivity index (χ2v) is 10.7. The van der Waals surface area contributed by atoms with Gasteiger partial charge >= 0.3 is 6.09 Å². The van der Waals surface area contributed by atoms with Gasteiger partial charge in [0.05, 0.1) is 12.1 Å². The molecular formula is C27H41N3O3. The number of hydrogen-bond donors (Lipinski definition) is 1. The van der Waals surface area contributed by atoms with Crippen LogP contribution in [0.5, 0.6) is 0 Å². The predicted molar refractivity (Wildman–Crippen MR) is 130 cm³/mol. The Morgan fingerprint density at radius 3 is 2.61 bits per heavy atom. The Labute approximate surface area is 199 Å². The van der Waals surface area contributed by atoms with Gasteiger partial charge in [-0.15, -0.1) is 0 Å². The molecule has 6 heteroatoms. The number of piperidine rings is 2. The summed E-state index contributed by atoms with van der Waals surface area (Å²) in [6.07, 6.45) is 7.79. The number of hydrogen-bond acceptors (Lipinski definition) is 4. The van der Waals surface area contributed by atoms with E-state index in [1.54, 1.807) is 6.92 Å². The molecule has 2 aliphatic heterocycles. The second kappa shape index (κ2) is 10.5. The summed E-state index contributed by atoms with van der Waals surface area (Å²) < 4.78 is 5.41. The highest BCUT2D eigenvalue weighted by atomic mass is 16.6. The van der Waals surface area contributed by atoms with Crippen molar-refractivity contribution in [1.82, 2.24) is 15.1 Å². The molecule has 1 aromatic rings. The molecule has 2 heterocycles. The Kier molecular flexibility index (Phi) is 7.62. The summed E-state index contributed by atoms with van der Waals surface area (Å²) in [7, 11) is 0. The van der Waals surface area contributed by atoms with Crippen LogP contribution < -0.4 is 5.32 Å². The van der Waals surface area contributed by atoms with Gasteiger partial charge in [0.25, 0.3) is 0 Å². The van der Waals surface area contributed by atoms with Crippen molar-refractivity contribution in [2.75, 3.05) is 32.7 Å². The van der Waals surface area contributed by atoms with E-state index in [0.29, 0.717) is 5.92 Å². The van der Waals surface area contributed by atoms with Crippen LogP contribution in [0, 0.1) is 5.92 Å². The van der Waals surface area contributed by atoms with Crippen LogP contribution in [0.1, 0.15) is 82.9 Å². The largest absolute Gasteiger partial charge is 0.447 e. The first-order chi connectivity index (χ1) is 15.9. The van der Waals surface area contributed by atoms with Gasteiger partial charge in [-0.25, -0.2) is 4.79 Å². The maximum Gasteiger partial charge on any atom is 0.410 e. The molecular weight excluding hydrogens is 414 g/mol. The maximum absolute atomic E-state index is 12.3. The lowest BCUT2D eigenvalue weighted by molar-refractivity contribution is -0.119. The summed E-state index contributed by atoms with van der Waals surface area (Å²) in [4.78, 5) is 28.5. The van der Waals surface area contributed by atoms with Gasteiger partial charge < -0.3 is 19.9 Å². The quantitative estimate of drug-likeness (QED) is 0.703. The van der Waals surface area contributed by atoms with E-state index >= 15 is 0 Å². The Bertz CT molecular complexity index is 832. The fraction of sp³-hybridized carbons (Fsp3) is 0.704. The van der Waals surface area contributed by atoms with Crippen LogP contribution in [-0.4, -0.2) is 60.6 Å². The fourth-order valence-corrected chi connectivity index (χ4v) is 6.22. The van der Waals surface area contributed by atoms with Gasteiger partial charge in [-0.05, 0) is 101 Å². The number of carbonyl (C=O) groups is 2. The van der Waals surface area contributed by atoms with Gasteiger partial charge in [-0.1, -0.05) is 24.3 Å². The minimum atomic E-state index is -0.150. The molecule has 1 unspecified atom stereocenters. The second-order valence-electron chi connectivity index (χ2n) is 10.7. The highest BCUT2D eigenvalue weighted by Crippen LogP contribution is 2.48. The first kappa shape index (κ1) is 24.1. The Balaban J connectivity index is 1.30. The zero-order valence-electron chi connectivity index (χ0n) is 20.6. The lowest BCUT2D eigenvalue weighted by Gasteiger charge is -2.47. The molecule has 4 rings (SSSR count). The number of ether oxygens (including phenoxy) is 1. The number of amides is 2. The van der Waals surface area contributed by atoms with Crippen LogP contribution in [0.2, 0.25) is 0 Å². The molecule has 0 aromatic heterocycles. The maximum atomic E-state index is 12.3. The van der Waals surface area contributed by atoms with E-state index < -0.39 is 0 Å². The van der Waals surface area contributed by atoms with Crippen molar-refractivity contribution in [2.24, 2.45) is 5.92 Å². The number of likely N-dealkylation sites (tertiary alicyclic amines) is 2. The van der Waals surface area contributed by atoms with E-state index in [2.05, 4.69) is 34.5 Å². The summed E-state index contributed by atoms with van der Waals surface area (Å²) in [6, 6.07) is 8.92. The SMILES string of the molecule is CC(=O)N[C@H]1CCC2(CCN(CCC3CCCN(C(=O)OC(C)C)C3)CC2)c2ccccc21. The van der Waals surface area contributed by atoms with Gasteiger partial charge in [0.2, 0.25) is 5.91 Å². The molecule has 1 aliphatic carbocycles. The normalized spacial score (nSPS) is 25.0. The van der Waals surface area contributed by atoms with Crippen molar-refractivity contribution in [1.29, 1.82) is 0 Å². The molecule has 0 saturated carbocycles. The molecule has 33 heavy (non-hydrogen) atoms. The molecule has 0 radical (unpaired) electrons. The topological polar surface area (TPSA) is 61.9 Å². The molecule has 182 valence electrons. The Morgan fingerprint density at radius 1 is 1.12 bits per heavy atom. The highest BCUT2D eigenvalue weighted by molar-refractivity contribution is 5.73. The predicted octanol–water partition coefficient (Wildman–Crippen LogP) is 4.64. The third-order valence-corrected chi connectivity index (χ3v) is 7.98. The van der Waals surface area contributed by atoms with Crippen molar-refractivity contribution in [2.45, 2.75) is 83.3 Å². The van der Waals surface area contributed by atoms with Crippen molar-refractivity contribution < 1.29 is 14.3 Å². The molecule has 6 nitrogen and oxygen atoms in total. The zero-order valence-corrected chi connectivity index (χ0v) is 20.6.